The largest absolute Gasteiger partial charge is 0.394 e. The predicted molar refractivity (Wildman–Crippen MR) is 386 cm³/mol. The number of ether oxygens (including phenoxy) is 2. The third-order valence-corrected chi connectivity index (χ3v) is 16.7. The van der Waals surface area contributed by atoms with Crippen LogP contribution >= 0.6 is 0 Å². The zero-order valence-electron chi connectivity index (χ0n) is 57.6. The lowest BCUT2D eigenvalue weighted by molar-refractivity contribution is -0.302. The van der Waals surface area contributed by atoms with Gasteiger partial charge >= 0.3 is 0 Å². The molecule has 1 saturated heterocycles. The Morgan fingerprint density at radius 1 is 0.389 bits per heavy atom. The number of hydrogen-bond donors (Lipinski definition) is 6. The minimum atomic E-state index is -1.57. The molecule has 1 amide bonds. The Bertz CT molecular complexity index is 1940. The first-order valence-electron chi connectivity index (χ1n) is 37.0. The molecule has 0 radical (unpaired) electrons. The summed E-state index contributed by atoms with van der Waals surface area (Å²) in [4.78, 5) is 13.1. The molecular formula is C81H137NO8. The van der Waals surface area contributed by atoms with Crippen molar-refractivity contribution in [3.8, 4) is 0 Å². The fourth-order valence-electron chi connectivity index (χ4n) is 11.0. The highest BCUT2D eigenvalue weighted by atomic mass is 16.7. The normalized spacial score (nSPS) is 18.7. The molecule has 0 aromatic rings. The van der Waals surface area contributed by atoms with Crippen LogP contribution in [0.2, 0.25) is 0 Å². The number of unbranched alkanes of at least 4 members (excludes halogenated alkanes) is 29. The number of amides is 1. The lowest BCUT2D eigenvalue weighted by atomic mass is 9.99. The standard InChI is InChI=1S/C81H137NO8/c1-3-5-7-9-11-13-15-17-19-21-23-25-27-29-31-33-34-35-36-37-38-39-40-41-42-43-45-47-49-51-53-55-57-59-61-63-65-67-69-71-77(85)82-74(73-89-81-80(88)79(87)78(86)76(72-83)90-81)75(84)70-68-66-64-62-60-58-56-54-52-50-48-46-44-32-30-28-26-24-22-20-18-16-14-12-10-8-6-4-2/h5,7,11,13,17,19,23,25,29,31,34-35,37-38,40-41,43,45,49,51,55,57,61,63,74-76,78-81,83-84,86-88H,3-4,6,8-10,12,14-16,18,20-22,24,26-28,30,32-33,36,39,42,44,46-48,50,52-54,56,58-60,62,64-73H2,1-2H3,(H,82,85)/b7-5-,13-11-,19-17-,25-23-,31-29-,35-34-,38-37-,41-40-,45-43-,51-49-,57-55-,63-61-. The molecule has 6 N–H and O–H groups in total. The molecule has 0 spiro atoms. The van der Waals surface area contributed by atoms with E-state index < -0.39 is 49.5 Å². The molecule has 0 aromatic carbocycles. The van der Waals surface area contributed by atoms with E-state index >= 15 is 0 Å². The third-order valence-electron chi connectivity index (χ3n) is 16.7. The minimum Gasteiger partial charge on any atom is -0.394 e. The van der Waals surface area contributed by atoms with Crippen molar-refractivity contribution in [3.63, 3.8) is 0 Å². The van der Waals surface area contributed by atoms with E-state index in [1.807, 2.05) is 0 Å². The van der Waals surface area contributed by atoms with E-state index in [9.17, 15) is 30.3 Å². The van der Waals surface area contributed by atoms with Crippen molar-refractivity contribution < 1.29 is 39.8 Å². The summed E-state index contributed by atoms with van der Waals surface area (Å²) >= 11 is 0. The van der Waals surface area contributed by atoms with Crippen molar-refractivity contribution in [1.29, 1.82) is 0 Å². The Balaban J connectivity index is 2.18. The van der Waals surface area contributed by atoms with Crippen LogP contribution in [0.15, 0.2) is 146 Å². The summed E-state index contributed by atoms with van der Waals surface area (Å²) in [5, 5.41) is 55.0. The Morgan fingerprint density at radius 3 is 1.00 bits per heavy atom. The fraction of sp³-hybridized carbons (Fsp3) is 0.691. The summed E-state index contributed by atoms with van der Waals surface area (Å²) < 4.78 is 11.4. The van der Waals surface area contributed by atoms with Gasteiger partial charge in [0.25, 0.3) is 0 Å². The summed E-state index contributed by atoms with van der Waals surface area (Å²) in [5.41, 5.74) is 0. The number of hydrogen-bond acceptors (Lipinski definition) is 8. The van der Waals surface area contributed by atoms with Crippen molar-refractivity contribution in [1.82, 2.24) is 5.32 Å². The van der Waals surface area contributed by atoms with E-state index in [0.717, 1.165) is 109 Å². The first-order chi connectivity index (χ1) is 44.3. The van der Waals surface area contributed by atoms with Crippen LogP contribution in [-0.2, 0) is 14.3 Å². The number of rotatable bonds is 63. The molecular weight excluding hydrogens is 1110 g/mol. The third kappa shape index (κ3) is 55.7. The molecule has 7 atom stereocenters. The van der Waals surface area contributed by atoms with Crippen LogP contribution < -0.4 is 5.32 Å². The van der Waals surface area contributed by atoms with Crippen LogP contribution in [0.1, 0.15) is 303 Å². The van der Waals surface area contributed by atoms with E-state index in [1.54, 1.807) is 0 Å². The van der Waals surface area contributed by atoms with Crippen LogP contribution in [-0.4, -0.2) is 87.5 Å². The molecule has 1 heterocycles. The zero-order chi connectivity index (χ0) is 64.9. The van der Waals surface area contributed by atoms with Crippen LogP contribution in [0.4, 0.5) is 0 Å². The van der Waals surface area contributed by atoms with Crippen LogP contribution in [0.5, 0.6) is 0 Å². The summed E-state index contributed by atoms with van der Waals surface area (Å²) in [6, 6.07) is -0.756. The Hall–Kier alpha value is -3.93. The molecule has 1 aliphatic heterocycles. The van der Waals surface area contributed by atoms with Gasteiger partial charge in [-0.25, -0.2) is 0 Å². The monoisotopic (exact) mass is 1250 g/mol. The van der Waals surface area contributed by atoms with E-state index in [-0.39, 0.29) is 12.5 Å². The van der Waals surface area contributed by atoms with Gasteiger partial charge in [0.1, 0.15) is 24.4 Å². The van der Waals surface area contributed by atoms with Gasteiger partial charge in [-0.05, 0) is 103 Å². The van der Waals surface area contributed by atoms with Crippen molar-refractivity contribution in [2.24, 2.45) is 0 Å². The van der Waals surface area contributed by atoms with Crippen molar-refractivity contribution in [2.75, 3.05) is 13.2 Å². The second-order valence-electron chi connectivity index (χ2n) is 25.0. The van der Waals surface area contributed by atoms with Gasteiger partial charge in [-0.1, -0.05) is 339 Å². The number of carbonyl (C=O) groups is 1. The first kappa shape index (κ1) is 84.1. The summed E-state index contributed by atoms with van der Waals surface area (Å²) in [5.74, 6) is -0.188. The van der Waals surface area contributed by atoms with Gasteiger partial charge in [-0.3, -0.25) is 4.79 Å². The molecule has 0 aliphatic carbocycles. The van der Waals surface area contributed by atoms with Gasteiger partial charge in [0.05, 0.1) is 25.4 Å². The molecule has 1 fully saturated rings. The smallest absolute Gasteiger partial charge is 0.220 e. The van der Waals surface area contributed by atoms with Gasteiger partial charge in [0.15, 0.2) is 6.29 Å². The molecule has 9 heteroatoms. The SMILES string of the molecule is CC/C=C\C/C=C\C/C=C\C/C=C\C/C=C\C/C=C\C/C=C\C/C=C\C/C=C\C/C=C\C/C=C\C/C=C\CCCCC(=O)NC(COC1OC(CO)C(O)C(O)C1O)C(O)CCCCCCCCCCCCCCCCCCCCCCCCCCCCCC. The van der Waals surface area contributed by atoms with Crippen LogP contribution in [0.3, 0.4) is 0 Å². The molecule has 0 bridgehead atoms. The predicted octanol–water partition coefficient (Wildman–Crippen LogP) is 20.9. The average molecular weight is 1250 g/mol. The summed E-state index contributed by atoms with van der Waals surface area (Å²) in [6.07, 6.45) is 97.8. The Kier molecular flexibility index (Phi) is 63.5. The van der Waals surface area contributed by atoms with E-state index in [1.165, 1.54) is 161 Å². The highest BCUT2D eigenvalue weighted by Crippen LogP contribution is 2.23. The number of nitrogens with one attached hydrogen (secondary N) is 1. The topological polar surface area (TPSA) is 149 Å². The molecule has 0 saturated carbocycles. The first-order valence-corrected chi connectivity index (χ1v) is 37.0. The number of aliphatic hydroxyl groups is 5. The molecule has 0 aromatic heterocycles. The molecule has 90 heavy (non-hydrogen) atoms. The lowest BCUT2D eigenvalue weighted by Gasteiger charge is -2.40. The van der Waals surface area contributed by atoms with Crippen molar-refractivity contribution >= 4 is 5.91 Å². The lowest BCUT2D eigenvalue weighted by Crippen LogP contribution is -2.60. The van der Waals surface area contributed by atoms with E-state index in [2.05, 4.69) is 165 Å². The van der Waals surface area contributed by atoms with E-state index in [0.29, 0.717) is 19.3 Å². The quantitative estimate of drug-likeness (QED) is 0.0261. The van der Waals surface area contributed by atoms with Gasteiger partial charge in [0, 0.05) is 6.42 Å². The Labute approximate surface area is 553 Å². The average Bonchev–Trinajstić information content (AvgIpc) is 2.75. The molecule has 9 nitrogen and oxygen atoms in total. The molecule has 7 unspecified atom stereocenters. The maximum atomic E-state index is 13.1. The highest BCUT2D eigenvalue weighted by Gasteiger charge is 2.44. The fourth-order valence-corrected chi connectivity index (χ4v) is 11.0. The van der Waals surface area contributed by atoms with E-state index in [4.69, 9.17) is 9.47 Å². The second-order valence-corrected chi connectivity index (χ2v) is 25.0. The Morgan fingerprint density at radius 2 is 0.689 bits per heavy atom. The molecule has 514 valence electrons. The van der Waals surface area contributed by atoms with Crippen molar-refractivity contribution in [3.05, 3.63) is 146 Å². The van der Waals surface area contributed by atoms with Gasteiger partial charge in [-0.15, -0.1) is 0 Å². The maximum Gasteiger partial charge on any atom is 0.220 e. The number of aliphatic hydroxyl groups excluding tert-OH is 5. The second kappa shape index (κ2) is 67.9. The molecule has 1 rings (SSSR count). The van der Waals surface area contributed by atoms with Gasteiger partial charge < -0.3 is 40.3 Å². The minimum absolute atomic E-state index is 0.164. The summed E-state index contributed by atoms with van der Waals surface area (Å²) in [7, 11) is 0. The zero-order valence-corrected chi connectivity index (χ0v) is 57.6. The number of allylic oxidation sites excluding steroid dienone is 24. The maximum absolute atomic E-state index is 13.1. The van der Waals surface area contributed by atoms with Gasteiger partial charge in [0.2, 0.25) is 5.91 Å². The number of carbonyl (C=O) groups excluding carboxylic acids is 1. The van der Waals surface area contributed by atoms with Crippen molar-refractivity contribution in [2.45, 2.75) is 346 Å². The summed E-state index contributed by atoms with van der Waals surface area (Å²) in [6.45, 7) is 3.72. The highest BCUT2D eigenvalue weighted by molar-refractivity contribution is 5.76. The van der Waals surface area contributed by atoms with Crippen LogP contribution in [0, 0.1) is 0 Å². The molecule has 1 aliphatic rings. The van der Waals surface area contributed by atoms with Crippen LogP contribution in [0.25, 0.3) is 0 Å². The van der Waals surface area contributed by atoms with Gasteiger partial charge in [-0.2, -0.15) is 0 Å².